The Bertz CT molecular complexity index is 470. The molecule has 0 N–H and O–H groups in total. The van der Waals surface area contributed by atoms with Crippen molar-refractivity contribution in [1.29, 1.82) is 0 Å². The number of allylic oxidation sites excluding steroid dienone is 4. The van der Waals surface area contributed by atoms with Gasteiger partial charge in [-0.05, 0) is 0 Å². The van der Waals surface area contributed by atoms with Crippen LogP contribution >= 0.6 is 0 Å². The molecule has 95 valence electrons. The number of ether oxygens (including phenoxy) is 2. The molecule has 0 atom stereocenters. The summed E-state index contributed by atoms with van der Waals surface area (Å²) < 4.78 is 11.9. The van der Waals surface area contributed by atoms with Gasteiger partial charge in [-0.15, -0.1) is 0 Å². The monoisotopic (exact) mass is 319 g/mol. The summed E-state index contributed by atoms with van der Waals surface area (Å²) in [6.07, 6.45) is 5.39. The second kappa shape index (κ2) is 7.90. The van der Waals surface area contributed by atoms with Crippen LogP contribution in [0, 0.1) is 0 Å². The Hall–Kier alpha value is -0.406. The second-order valence-electron chi connectivity index (χ2n) is 3.57. The first-order valence-corrected chi connectivity index (χ1v) is 5.88. The van der Waals surface area contributed by atoms with Gasteiger partial charge in [0.25, 0.3) is 0 Å². The van der Waals surface area contributed by atoms with Crippen molar-refractivity contribution >= 4 is 5.57 Å². The molecule has 0 aromatic heterocycles. The topological polar surface area (TPSA) is 18.5 Å². The van der Waals surface area contributed by atoms with E-state index in [2.05, 4.69) is 38.7 Å². The van der Waals surface area contributed by atoms with Crippen molar-refractivity contribution in [2.45, 2.75) is 6.42 Å². The standard InChI is InChI=1S/C13H13O2.2ClH.Ti/c1-14-12-8-7-11(9-13(12)15-2)10-5-3-4-6-10;;;/h3,5,7-9H,4H2,1-2H3;2*1H;/q;;;+2/p-2. The van der Waals surface area contributed by atoms with E-state index in [0.29, 0.717) is 0 Å². The summed E-state index contributed by atoms with van der Waals surface area (Å²) in [5.74, 6) is 1.55. The van der Waals surface area contributed by atoms with Gasteiger partial charge in [-0.3, -0.25) is 0 Å². The van der Waals surface area contributed by atoms with E-state index in [0.717, 1.165) is 17.9 Å². The van der Waals surface area contributed by atoms with Crippen LogP contribution in [0.4, 0.5) is 0 Å². The maximum atomic E-state index is 5.30. The molecule has 0 radical (unpaired) electrons. The van der Waals surface area contributed by atoms with Crippen LogP contribution in [0.25, 0.3) is 5.57 Å². The minimum absolute atomic E-state index is 0. The molecule has 0 unspecified atom stereocenters. The molecule has 1 aliphatic rings. The van der Waals surface area contributed by atoms with E-state index in [1.807, 2.05) is 12.1 Å². The Balaban J connectivity index is 0.00000144. The van der Waals surface area contributed by atoms with Gasteiger partial charge in [-0.1, -0.05) is 0 Å². The van der Waals surface area contributed by atoms with E-state index in [9.17, 15) is 0 Å². The first kappa shape index (κ1) is 17.6. The van der Waals surface area contributed by atoms with Crippen LogP contribution in [-0.4, -0.2) is 14.2 Å². The first-order chi connectivity index (χ1) is 7.76. The third-order valence-corrected chi connectivity index (χ3v) is 3.37. The number of hydrogen-bond acceptors (Lipinski definition) is 2. The quantitative estimate of drug-likeness (QED) is 0.551. The number of methoxy groups -OCH3 is 2. The fraction of sp³-hybridized carbons (Fsp3) is 0.231. The molecule has 0 saturated carbocycles. The molecular formula is C13H13Cl2O2Ti. The fourth-order valence-electron chi connectivity index (χ4n) is 1.78. The van der Waals surface area contributed by atoms with E-state index in [1.165, 1.54) is 15.0 Å². The third-order valence-electron chi connectivity index (χ3n) is 2.63. The van der Waals surface area contributed by atoms with Crippen molar-refractivity contribution in [3.63, 3.8) is 0 Å². The first-order valence-electron chi connectivity index (χ1n) is 5.10. The van der Waals surface area contributed by atoms with Gasteiger partial charge < -0.3 is 24.8 Å². The van der Waals surface area contributed by atoms with Crippen molar-refractivity contribution in [3.8, 4) is 11.5 Å². The largest absolute Gasteiger partial charge is 1.00 e. The summed E-state index contributed by atoms with van der Waals surface area (Å²) in [6.45, 7) is 0. The Kier molecular flexibility index (Phi) is 7.73. The van der Waals surface area contributed by atoms with E-state index in [1.54, 1.807) is 14.2 Å². The van der Waals surface area contributed by atoms with Gasteiger partial charge in [-0.2, -0.15) is 0 Å². The molecule has 0 heterocycles. The minimum atomic E-state index is 0. The Morgan fingerprint density at radius 3 is 2.22 bits per heavy atom. The molecule has 1 aromatic rings. The maximum absolute atomic E-state index is 5.30. The van der Waals surface area contributed by atoms with E-state index >= 15 is 0 Å². The molecule has 2 nitrogen and oxygen atoms in total. The van der Waals surface area contributed by atoms with Crippen molar-refractivity contribution < 1.29 is 54.7 Å². The smallest absolute Gasteiger partial charge is 1.00 e. The molecule has 1 aromatic carbocycles. The SMILES string of the molecule is COc1ccc(C2=[C]([Ti+2])CC=C2)cc1OC.[Cl-].[Cl-]. The van der Waals surface area contributed by atoms with Crippen molar-refractivity contribution in [2.24, 2.45) is 0 Å². The van der Waals surface area contributed by atoms with Gasteiger partial charge in [0.2, 0.25) is 0 Å². The number of hydrogen-bond donors (Lipinski definition) is 0. The molecule has 18 heavy (non-hydrogen) atoms. The zero-order chi connectivity index (χ0) is 11.5. The molecule has 0 aliphatic heterocycles. The predicted molar refractivity (Wildman–Crippen MR) is 60.2 cm³/mol. The molecular weight excluding hydrogens is 307 g/mol. The van der Waals surface area contributed by atoms with Gasteiger partial charge in [0, 0.05) is 0 Å². The van der Waals surface area contributed by atoms with Gasteiger partial charge in [0.15, 0.2) is 0 Å². The third kappa shape index (κ3) is 3.55. The Morgan fingerprint density at radius 1 is 1.06 bits per heavy atom. The Morgan fingerprint density at radius 2 is 1.72 bits per heavy atom. The van der Waals surface area contributed by atoms with Crippen LogP contribution in [-0.2, 0) is 20.4 Å². The van der Waals surface area contributed by atoms with Crippen LogP contribution in [0.5, 0.6) is 11.5 Å². The van der Waals surface area contributed by atoms with Gasteiger partial charge >= 0.3 is 107 Å². The van der Waals surface area contributed by atoms with Crippen LogP contribution in [0.15, 0.2) is 34.2 Å². The fourth-order valence-corrected chi connectivity index (χ4v) is 2.32. The van der Waals surface area contributed by atoms with Gasteiger partial charge in [-0.25, -0.2) is 0 Å². The summed E-state index contributed by atoms with van der Waals surface area (Å²) in [7, 11) is 3.31. The van der Waals surface area contributed by atoms with Crippen LogP contribution in [0.2, 0.25) is 0 Å². The van der Waals surface area contributed by atoms with Gasteiger partial charge in [0.1, 0.15) is 0 Å². The molecule has 0 bridgehead atoms. The summed E-state index contributed by atoms with van der Waals surface area (Å²) in [5.41, 5.74) is 2.48. The number of halogens is 2. The number of benzene rings is 1. The molecule has 0 amide bonds. The van der Waals surface area contributed by atoms with Crippen LogP contribution in [0.3, 0.4) is 0 Å². The number of rotatable bonds is 3. The molecule has 0 fully saturated rings. The predicted octanol–water partition coefficient (Wildman–Crippen LogP) is -3.07. The molecule has 0 saturated heterocycles. The molecule has 1 aliphatic carbocycles. The van der Waals surface area contributed by atoms with Crippen molar-refractivity contribution in [3.05, 3.63) is 39.8 Å². The van der Waals surface area contributed by atoms with E-state index in [-0.39, 0.29) is 24.8 Å². The van der Waals surface area contributed by atoms with Crippen molar-refractivity contribution in [2.75, 3.05) is 14.2 Å². The summed E-state index contributed by atoms with van der Waals surface area (Å²) in [4.78, 5) is 0. The minimum Gasteiger partial charge on any atom is -1.00 e. The summed E-state index contributed by atoms with van der Waals surface area (Å²) in [6, 6.07) is 6.03. The van der Waals surface area contributed by atoms with Gasteiger partial charge in [0.05, 0.1) is 0 Å². The van der Waals surface area contributed by atoms with Crippen LogP contribution < -0.4 is 34.3 Å². The maximum Gasteiger partial charge on any atom is -1.00 e. The molecule has 5 heteroatoms. The van der Waals surface area contributed by atoms with Crippen LogP contribution in [0.1, 0.15) is 12.0 Å². The zero-order valence-electron chi connectivity index (χ0n) is 10.2. The normalized spacial score (nSPS) is 12.9. The summed E-state index contributed by atoms with van der Waals surface area (Å²) >= 11 is 2.16. The summed E-state index contributed by atoms with van der Waals surface area (Å²) in [5, 5.41) is 0. The average molecular weight is 320 g/mol. The Labute approximate surface area is 132 Å². The zero-order valence-corrected chi connectivity index (χ0v) is 13.2. The molecule has 2 rings (SSSR count). The molecule has 0 spiro atoms. The van der Waals surface area contributed by atoms with E-state index < -0.39 is 0 Å². The average Bonchev–Trinajstić information content (AvgIpc) is 2.74. The van der Waals surface area contributed by atoms with Crippen molar-refractivity contribution in [1.82, 2.24) is 0 Å². The van der Waals surface area contributed by atoms with E-state index in [4.69, 9.17) is 9.47 Å². The second-order valence-corrected chi connectivity index (χ2v) is 4.51.